The second-order valence-electron chi connectivity index (χ2n) is 3.73. The topological polar surface area (TPSA) is 52.7 Å². The lowest BCUT2D eigenvalue weighted by Crippen LogP contribution is -2.40. The Balaban J connectivity index is 1.73. The van der Waals surface area contributed by atoms with Crippen molar-refractivity contribution < 1.29 is 9.59 Å². The molecule has 1 N–H and O–H groups in total. The van der Waals surface area contributed by atoms with Gasteiger partial charge in [-0.2, -0.15) is 11.8 Å². The molecule has 0 saturated carbocycles. The van der Waals surface area contributed by atoms with Crippen LogP contribution in [0.2, 0.25) is 0 Å². The van der Waals surface area contributed by atoms with Crippen molar-refractivity contribution in [2.24, 2.45) is 0 Å². The summed E-state index contributed by atoms with van der Waals surface area (Å²) >= 11 is 1.97. The molecular weight excluding hydrogens is 214 g/mol. The number of nitrogens with zero attached hydrogens (tertiary/aromatic N) is 2. The van der Waals surface area contributed by atoms with Gasteiger partial charge in [0.2, 0.25) is 5.91 Å². The zero-order valence-electron chi connectivity index (χ0n) is 8.57. The molecular formula is C9H15N3O2S. The van der Waals surface area contributed by atoms with E-state index in [9.17, 15) is 9.59 Å². The molecule has 15 heavy (non-hydrogen) atoms. The van der Waals surface area contributed by atoms with E-state index in [1.165, 1.54) is 11.5 Å². The van der Waals surface area contributed by atoms with Crippen LogP contribution < -0.4 is 5.32 Å². The van der Waals surface area contributed by atoms with Gasteiger partial charge >= 0.3 is 6.03 Å². The Morgan fingerprint density at radius 3 is 2.53 bits per heavy atom. The summed E-state index contributed by atoms with van der Waals surface area (Å²) < 4.78 is 0. The molecule has 2 saturated heterocycles. The predicted octanol–water partition coefficient (Wildman–Crippen LogP) is -0.413. The molecule has 0 aromatic heterocycles. The number of rotatable bonds is 3. The Morgan fingerprint density at radius 2 is 1.93 bits per heavy atom. The summed E-state index contributed by atoms with van der Waals surface area (Å²) in [7, 11) is 0. The number of imide groups is 1. The molecule has 0 unspecified atom stereocenters. The van der Waals surface area contributed by atoms with Crippen LogP contribution in [-0.2, 0) is 4.79 Å². The third-order valence-electron chi connectivity index (χ3n) is 2.66. The highest BCUT2D eigenvalue weighted by molar-refractivity contribution is 7.99. The molecule has 0 atom stereocenters. The summed E-state index contributed by atoms with van der Waals surface area (Å²) in [6, 6.07) is -0.244. The first-order chi connectivity index (χ1) is 7.25. The maximum Gasteiger partial charge on any atom is 0.324 e. The molecule has 84 valence electrons. The Labute approximate surface area is 93.2 Å². The first kappa shape index (κ1) is 10.8. The molecule has 2 aliphatic rings. The van der Waals surface area contributed by atoms with Gasteiger partial charge < -0.3 is 4.90 Å². The number of thioether (sulfide) groups is 1. The fourth-order valence-electron chi connectivity index (χ4n) is 1.75. The van der Waals surface area contributed by atoms with E-state index < -0.39 is 0 Å². The Bertz CT molecular complexity index is 266. The molecule has 3 amide bonds. The highest BCUT2D eigenvalue weighted by Crippen LogP contribution is 2.09. The van der Waals surface area contributed by atoms with Gasteiger partial charge in [-0.05, 0) is 0 Å². The van der Waals surface area contributed by atoms with Crippen molar-refractivity contribution in [3.8, 4) is 0 Å². The van der Waals surface area contributed by atoms with Crippen molar-refractivity contribution >= 4 is 23.7 Å². The van der Waals surface area contributed by atoms with Gasteiger partial charge in [-0.15, -0.1) is 0 Å². The van der Waals surface area contributed by atoms with Gasteiger partial charge in [-0.1, -0.05) is 0 Å². The average Bonchev–Trinajstić information content (AvgIpc) is 2.56. The summed E-state index contributed by atoms with van der Waals surface area (Å²) in [5.41, 5.74) is 0. The van der Waals surface area contributed by atoms with Crippen molar-refractivity contribution in [3.63, 3.8) is 0 Å². The second kappa shape index (κ2) is 4.85. The summed E-state index contributed by atoms with van der Waals surface area (Å²) in [5.74, 6) is 2.16. The normalized spacial score (nSPS) is 23.3. The monoisotopic (exact) mass is 229 g/mol. The largest absolute Gasteiger partial charge is 0.324 e. The molecule has 2 rings (SSSR count). The number of nitrogens with one attached hydrogen (secondary N) is 1. The van der Waals surface area contributed by atoms with Crippen LogP contribution in [0.1, 0.15) is 0 Å². The SMILES string of the molecule is O=C1CN(CCN2CCSCC2)C(=O)N1. The van der Waals surface area contributed by atoms with Gasteiger partial charge in [0.05, 0.1) is 0 Å². The van der Waals surface area contributed by atoms with Crippen molar-refractivity contribution in [1.29, 1.82) is 0 Å². The molecule has 2 aliphatic heterocycles. The van der Waals surface area contributed by atoms with E-state index in [1.807, 2.05) is 11.8 Å². The molecule has 0 bridgehead atoms. The lowest BCUT2D eigenvalue weighted by molar-refractivity contribution is -0.118. The van der Waals surface area contributed by atoms with Crippen LogP contribution in [0.5, 0.6) is 0 Å². The predicted molar refractivity (Wildman–Crippen MR) is 58.9 cm³/mol. The molecule has 0 radical (unpaired) electrons. The van der Waals surface area contributed by atoms with Crippen LogP contribution in [0.3, 0.4) is 0 Å². The lowest BCUT2D eigenvalue weighted by Gasteiger charge is -2.27. The fraction of sp³-hybridized carbons (Fsp3) is 0.778. The first-order valence-corrected chi connectivity index (χ1v) is 6.30. The minimum atomic E-state index is -0.244. The zero-order chi connectivity index (χ0) is 10.7. The van der Waals surface area contributed by atoms with Crippen LogP contribution in [0, 0.1) is 0 Å². The third-order valence-corrected chi connectivity index (χ3v) is 3.60. The maximum atomic E-state index is 11.2. The van der Waals surface area contributed by atoms with E-state index >= 15 is 0 Å². The molecule has 5 nitrogen and oxygen atoms in total. The Hall–Kier alpha value is -0.750. The molecule has 2 heterocycles. The van der Waals surface area contributed by atoms with Crippen LogP contribution >= 0.6 is 11.8 Å². The minimum Gasteiger partial charge on any atom is -0.314 e. The van der Waals surface area contributed by atoms with E-state index in [1.54, 1.807) is 4.90 Å². The van der Waals surface area contributed by atoms with Gasteiger partial charge in [0.25, 0.3) is 0 Å². The van der Waals surface area contributed by atoms with Crippen molar-refractivity contribution in [2.45, 2.75) is 0 Å². The molecule has 0 spiro atoms. The first-order valence-electron chi connectivity index (χ1n) is 5.14. The molecule has 6 heteroatoms. The lowest BCUT2D eigenvalue weighted by atomic mass is 10.4. The van der Waals surface area contributed by atoms with Crippen LogP contribution in [0.15, 0.2) is 0 Å². The molecule has 0 aromatic carbocycles. The quantitative estimate of drug-likeness (QED) is 0.668. The number of amides is 3. The van der Waals surface area contributed by atoms with E-state index in [0.717, 1.165) is 19.6 Å². The number of hydrogen-bond donors (Lipinski definition) is 1. The fourth-order valence-corrected chi connectivity index (χ4v) is 2.73. The van der Waals surface area contributed by atoms with E-state index in [4.69, 9.17) is 0 Å². The van der Waals surface area contributed by atoms with E-state index in [2.05, 4.69) is 10.2 Å². The number of hydrogen-bond acceptors (Lipinski definition) is 4. The van der Waals surface area contributed by atoms with Crippen molar-refractivity contribution in [2.75, 3.05) is 44.2 Å². The maximum absolute atomic E-state index is 11.2. The number of carbonyl (C=O) groups is 2. The van der Waals surface area contributed by atoms with Gasteiger partial charge in [0.1, 0.15) is 6.54 Å². The summed E-state index contributed by atoms with van der Waals surface area (Å²) in [4.78, 5) is 26.1. The minimum absolute atomic E-state index is 0.186. The van der Waals surface area contributed by atoms with E-state index in [0.29, 0.717) is 6.54 Å². The van der Waals surface area contributed by atoms with E-state index in [-0.39, 0.29) is 18.5 Å². The smallest absolute Gasteiger partial charge is 0.314 e. The van der Waals surface area contributed by atoms with Crippen LogP contribution in [0.4, 0.5) is 4.79 Å². The van der Waals surface area contributed by atoms with Crippen molar-refractivity contribution in [3.05, 3.63) is 0 Å². The molecule has 0 aromatic rings. The Morgan fingerprint density at radius 1 is 1.20 bits per heavy atom. The van der Waals surface area contributed by atoms with Gasteiger partial charge in [0, 0.05) is 37.7 Å². The summed E-state index contributed by atoms with van der Waals surface area (Å²) in [6.07, 6.45) is 0. The summed E-state index contributed by atoms with van der Waals surface area (Å²) in [6.45, 7) is 3.94. The highest BCUT2D eigenvalue weighted by Gasteiger charge is 2.26. The standard InChI is InChI=1S/C9H15N3O2S/c13-8-7-12(9(14)10-8)2-1-11-3-5-15-6-4-11/h1-7H2,(H,10,13,14). The third kappa shape index (κ3) is 2.85. The zero-order valence-corrected chi connectivity index (χ0v) is 9.39. The van der Waals surface area contributed by atoms with Crippen LogP contribution in [-0.4, -0.2) is 66.0 Å². The second-order valence-corrected chi connectivity index (χ2v) is 4.95. The van der Waals surface area contributed by atoms with Crippen molar-refractivity contribution in [1.82, 2.24) is 15.1 Å². The highest BCUT2D eigenvalue weighted by atomic mass is 32.2. The Kier molecular flexibility index (Phi) is 3.48. The number of urea groups is 1. The number of carbonyl (C=O) groups excluding carboxylic acids is 2. The summed E-state index contributed by atoms with van der Waals surface area (Å²) in [5, 5.41) is 2.28. The van der Waals surface area contributed by atoms with Gasteiger partial charge in [-0.25, -0.2) is 4.79 Å². The van der Waals surface area contributed by atoms with Crippen LogP contribution in [0.25, 0.3) is 0 Å². The van der Waals surface area contributed by atoms with Gasteiger partial charge in [-0.3, -0.25) is 15.0 Å². The molecule has 2 fully saturated rings. The average molecular weight is 229 g/mol. The molecule has 0 aliphatic carbocycles. The van der Waals surface area contributed by atoms with Gasteiger partial charge in [0.15, 0.2) is 0 Å².